The van der Waals surface area contributed by atoms with Crippen LogP contribution in [-0.2, 0) is 12.0 Å². The topological polar surface area (TPSA) is 80.4 Å². The zero-order valence-corrected chi connectivity index (χ0v) is 12.0. The van der Waals surface area contributed by atoms with Crippen LogP contribution in [0.25, 0.3) is 0 Å². The highest BCUT2D eigenvalue weighted by atomic mass is 16.5. The van der Waals surface area contributed by atoms with Gasteiger partial charge in [0, 0.05) is 12.0 Å². The number of piperidine rings is 1. The molecule has 2 N–H and O–H groups in total. The van der Waals surface area contributed by atoms with E-state index in [2.05, 4.69) is 15.5 Å². The van der Waals surface area contributed by atoms with Crippen LogP contribution < -0.4 is 10.1 Å². The largest absolute Gasteiger partial charge is 0.496 e. The molecule has 0 amide bonds. The quantitative estimate of drug-likeness (QED) is 0.881. The van der Waals surface area contributed by atoms with Gasteiger partial charge in [-0.15, -0.1) is 0 Å². The minimum Gasteiger partial charge on any atom is -0.496 e. The highest BCUT2D eigenvalue weighted by Crippen LogP contribution is 2.29. The molecule has 1 aliphatic heterocycles. The summed E-state index contributed by atoms with van der Waals surface area (Å²) in [5, 5.41) is 17.8. The predicted molar refractivity (Wildman–Crippen MR) is 76.1 cm³/mol. The molecule has 6 heteroatoms. The molecule has 3 rings (SSSR count). The number of aromatic nitrogens is 2. The second-order valence-electron chi connectivity index (χ2n) is 5.29. The fraction of sp³-hybridized carbons (Fsp3) is 0.467. The van der Waals surface area contributed by atoms with E-state index in [0.29, 0.717) is 31.0 Å². The summed E-state index contributed by atoms with van der Waals surface area (Å²) < 4.78 is 10.6. The Morgan fingerprint density at radius 3 is 2.86 bits per heavy atom. The summed E-state index contributed by atoms with van der Waals surface area (Å²) in [4.78, 5) is 4.37. The number of nitrogens with zero attached hydrogens (tertiary/aromatic N) is 2. The van der Waals surface area contributed by atoms with Gasteiger partial charge in [0.1, 0.15) is 11.4 Å². The Balaban J connectivity index is 1.79. The van der Waals surface area contributed by atoms with Crippen molar-refractivity contribution in [1.82, 2.24) is 15.5 Å². The number of aliphatic hydroxyl groups is 1. The molecule has 0 atom stereocenters. The van der Waals surface area contributed by atoms with Gasteiger partial charge < -0.3 is 19.7 Å². The Labute approximate surface area is 123 Å². The van der Waals surface area contributed by atoms with Crippen molar-refractivity contribution >= 4 is 0 Å². The molecule has 1 saturated heterocycles. The van der Waals surface area contributed by atoms with Gasteiger partial charge in [-0.25, -0.2) is 0 Å². The van der Waals surface area contributed by atoms with Gasteiger partial charge in [0.05, 0.1) is 7.11 Å². The average molecular weight is 289 g/mol. The molecule has 0 bridgehead atoms. The first kappa shape index (κ1) is 14.0. The number of methoxy groups -OCH3 is 1. The van der Waals surface area contributed by atoms with E-state index >= 15 is 0 Å². The summed E-state index contributed by atoms with van der Waals surface area (Å²) in [6, 6.07) is 7.73. The number of hydrogen-bond donors (Lipinski definition) is 2. The maximum atomic E-state index is 10.6. The minimum atomic E-state index is -1.00. The number of nitrogens with one attached hydrogen (secondary N) is 1. The smallest absolute Gasteiger partial charge is 0.258 e. The summed E-state index contributed by atoms with van der Waals surface area (Å²) in [5.41, 5.74) is -0.0123. The molecular formula is C15H19N3O3. The van der Waals surface area contributed by atoms with E-state index in [-0.39, 0.29) is 0 Å². The first-order chi connectivity index (χ1) is 10.2. The Kier molecular flexibility index (Phi) is 3.90. The normalized spacial score (nSPS) is 17.6. The van der Waals surface area contributed by atoms with Crippen LogP contribution in [0.1, 0.15) is 30.1 Å². The van der Waals surface area contributed by atoms with Crippen molar-refractivity contribution in [2.45, 2.75) is 24.9 Å². The molecule has 0 saturated carbocycles. The zero-order valence-electron chi connectivity index (χ0n) is 12.0. The predicted octanol–water partition coefficient (Wildman–Crippen LogP) is 1.24. The van der Waals surface area contributed by atoms with Crippen molar-refractivity contribution in [3.63, 3.8) is 0 Å². The average Bonchev–Trinajstić information content (AvgIpc) is 2.98. The maximum Gasteiger partial charge on any atom is 0.258 e. The number of para-hydroxylation sites is 1. The van der Waals surface area contributed by atoms with Crippen LogP contribution in [0.5, 0.6) is 5.75 Å². The van der Waals surface area contributed by atoms with Crippen molar-refractivity contribution in [3.05, 3.63) is 41.5 Å². The highest BCUT2D eigenvalue weighted by molar-refractivity contribution is 5.35. The molecule has 0 aliphatic carbocycles. The second-order valence-corrected chi connectivity index (χ2v) is 5.29. The molecule has 0 spiro atoms. The van der Waals surface area contributed by atoms with Crippen molar-refractivity contribution in [3.8, 4) is 5.75 Å². The fourth-order valence-electron chi connectivity index (χ4n) is 2.59. The third-order valence-electron chi connectivity index (χ3n) is 3.84. The van der Waals surface area contributed by atoms with Gasteiger partial charge in [0.2, 0.25) is 0 Å². The summed E-state index contributed by atoms with van der Waals surface area (Å²) in [6.07, 6.45) is 1.69. The van der Waals surface area contributed by atoms with Crippen LogP contribution in [0, 0.1) is 0 Å². The van der Waals surface area contributed by atoms with Gasteiger partial charge in [0.15, 0.2) is 5.82 Å². The molecule has 21 heavy (non-hydrogen) atoms. The summed E-state index contributed by atoms with van der Waals surface area (Å²) in [7, 11) is 1.64. The van der Waals surface area contributed by atoms with E-state index < -0.39 is 5.60 Å². The Morgan fingerprint density at radius 2 is 2.10 bits per heavy atom. The van der Waals surface area contributed by atoms with Gasteiger partial charge in [-0.05, 0) is 32.0 Å². The van der Waals surface area contributed by atoms with Crippen LogP contribution in [0.3, 0.4) is 0 Å². The van der Waals surface area contributed by atoms with Crippen molar-refractivity contribution < 1.29 is 14.4 Å². The van der Waals surface area contributed by atoms with E-state index in [9.17, 15) is 5.11 Å². The molecule has 0 radical (unpaired) electrons. The maximum absolute atomic E-state index is 10.6. The summed E-state index contributed by atoms with van der Waals surface area (Å²) in [6.45, 7) is 1.50. The molecule has 0 unspecified atom stereocenters. The van der Waals surface area contributed by atoms with Gasteiger partial charge >= 0.3 is 0 Å². The summed E-state index contributed by atoms with van der Waals surface area (Å²) in [5.74, 6) is 1.67. The minimum absolute atomic E-state index is 0.314. The van der Waals surface area contributed by atoms with E-state index in [1.807, 2.05) is 24.3 Å². The molecule has 1 aromatic carbocycles. The third kappa shape index (κ3) is 2.91. The molecule has 2 aromatic rings. The number of rotatable bonds is 4. The number of benzene rings is 1. The van der Waals surface area contributed by atoms with Gasteiger partial charge in [0.25, 0.3) is 5.89 Å². The molecule has 1 aromatic heterocycles. The SMILES string of the molecule is COc1ccccc1Cc1noc(C2(O)CCNCC2)n1. The third-order valence-corrected chi connectivity index (χ3v) is 3.84. The molecule has 112 valence electrons. The lowest BCUT2D eigenvalue weighted by Gasteiger charge is -2.28. The Bertz CT molecular complexity index is 606. The van der Waals surface area contributed by atoms with Crippen LogP contribution in [0.15, 0.2) is 28.8 Å². The molecular weight excluding hydrogens is 270 g/mol. The summed E-state index contributed by atoms with van der Waals surface area (Å²) >= 11 is 0. The van der Waals surface area contributed by atoms with Crippen LogP contribution in [0.4, 0.5) is 0 Å². The van der Waals surface area contributed by atoms with Crippen LogP contribution >= 0.6 is 0 Å². The lowest BCUT2D eigenvalue weighted by Crippen LogP contribution is -2.39. The highest BCUT2D eigenvalue weighted by Gasteiger charge is 2.36. The first-order valence-electron chi connectivity index (χ1n) is 7.09. The van der Waals surface area contributed by atoms with E-state index in [4.69, 9.17) is 9.26 Å². The van der Waals surface area contributed by atoms with Crippen LogP contribution in [0.2, 0.25) is 0 Å². The van der Waals surface area contributed by atoms with Gasteiger partial charge in [-0.2, -0.15) is 4.98 Å². The molecule has 1 aliphatic rings. The second kappa shape index (κ2) is 5.83. The van der Waals surface area contributed by atoms with E-state index in [1.165, 1.54) is 0 Å². The number of hydrogen-bond acceptors (Lipinski definition) is 6. The van der Waals surface area contributed by atoms with E-state index in [0.717, 1.165) is 24.4 Å². The van der Waals surface area contributed by atoms with Crippen molar-refractivity contribution in [2.24, 2.45) is 0 Å². The van der Waals surface area contributed by atoms with Gasteiger partial charge in [-0.3, -0.25) is 0 Å². The fourth-order valence-corrected chi connectivity index (χ4v) is 2.59. The zero-order chi connectivity index (χ0) is 14.7. The number of ether oxygens (including phenoxy) is 1. The van der Waals surface area contributed by atoms with Crippen molar-refractivity contribution in [2.75, 3.05) is 20.2 Å². The standard InChI is InChI=1S/C15H19N3O3/c1-20-12-5-3-2-4-11(12)10-13-17-14(21-18-13)15(19)6-8-16-9-7-15/h2-5,16,19H,6-10H2,1H3. The lowest BCUT2D eigenvalue weighted by molar-refractivity contribution is -0.0228. The van der Waals surface area contributed by atoms with Gasteiger partial charge in [-0.1, -0.05) is 23.4 Å². The molecule has 1 fully saturated rings. The van der Waals surface area contributed by atoms with Crippen LogP contribution in [-0.4, -0.2) is 35.4 Å². The van der Waals surface area contributed by atoms with E-state index in [1.54, 1.807) is 7.11 Å². The lowest BCUT2D eigenvalue weighted by atomic mass is 9.92. The van der Waals surface area contributed by atoms with Crippen molar-refractivity contribution in [1.29, 1.82) is 0 Å². The Hall–Kier alpha value is -1.92. The monoisotopic (exact) mass is 289 g/mol. The Morgan fingerprint density at radius 1 is 1.33 bits per heavy atom. The molecule has 2 heterocycles. The molecule has 6 nitrogen and oxygen atoms in total. The first-order valence-corrected chi connectivity index (χ1v) is 7.09.